The van der Waals surface area contributed by atoms with Crippen molar-refractivity contribution >= 4 is 23.9 Å². The van der Waals surface area contributed by atoms with E-state index in [9.17, 15) is 29.4 Å². The second-order valence-corrected chi connectivity index (χ2v) is 21.4. The average Bonchev–Trinajstić information content (AvgIpc) is 4.29. The molecule has 0 radical (unpaired) electrons. The fourth-order valence-corrected chi connectivity index (χ4v) is 10.9. The minimum Gasteiger partial charge on any atom is -0.488 e. The van der Waals surface area contributed by atoms with Crippen LogP contribution in [0.2, 0.25) is 0 Å². The van der Waals surface area contributed by atoms with Crippen molar-refractivity contribution < 1.29 is 67.3 Å². The summed E-state index contributed by atoms with van der Waals surface area (Å²) in [5.74, 6) is 1.28. The van der Waals surface area contributed by atoms with Gasteiger partial charge in [-0.1, -0.05) is 38.1 Å². The summed E-state index contributed by atoms with van der Waals surface area (Å²) in [5, 5.41) is 21.9. The third kappa shape index (κ3) is 15.4. The van der Waals surface area contributed by atoms with Crippen molar-refractivity contribution in [2.45, 2.75) is 197 Å². The van der Waals surface area contributed by atoms with Crippen molar-refractivity contribution in [1.82, 2.24) is 0 Å². The van der Waals surface area contributed by atoms with E-state index in [0.29, 0.717) is 125 Å². The topological polar surface area (TPSA) is 189 Å². The predicted octanol–water partition coefficient (Wildman–Crippen LogP) is 8.26. The highest BCUT2D eigenvalue weighted by Crippen LogP contribution is 2.41. The minimum atomic E-state index is -0.678. The van der Waals surface area contributed by atoms with Crippen molar-refractivity contribution in [3.63, 3.8) is 0 Å². The molecule has 6 aliphatic rings. The second-order valence-electron chi connectivity index (χ2n) is 21.4. The molecule has 12 atom stereocenters. The van der Waals surface area contributed by atoms with Gasteiger partial charge >= 0.3 is 23.9 Å². The molecule has 2 saturated heterocycles. The molecule has 0 spiro atoms. The maximum Gasteiger partial charge on any atom is 0.305 e. The van der Waals surface area contributed by atoms with Crippen molar-refractivity contribution in [1.29, 1.82) is 0 Å². The molecule has 0 aromatic heterocycles. The number of hydrogen-bond acceptors (Lipinski definition) is 14. The molecule has 6 fully saturated rings. The number of unbranched alkanes of at least 4 members (excludes halogenated alkanes) is 2. The van der Waals surface area contributed by atoms with Crippen LogP contribution < -0.4 is 9.47 Å². The molecule has 14 heteroatoms. The number of aliphatic hydroxyl groups excluding tert-OH is 2. The number of carbonyl (C=O) groups excluding carboxylic acids is 4. The van der Waals surface area contributed by atoms with Gasteiger partial charge < -0.3 is 48.1 Å². The molecule has 4 aliphatic carbocycles. The second kappa shape index (κ2) is 24.3. The number of carbonyl (C=O) groups is 4. The molecule has 2 aliphatic heterocycles. The fraction of sp³-hybridized carbons (Fsp3) is 0.709. The molecule has 4 saturated carbocycles. The van der Waals surface area contributed by atoms with Crippen LogP contribution in [0.15, 0.2) is 48.5 Å². The molecular weight excluding hydrogens is 885 g/mol. The highest BCUT2D eigenvalue weighted by Gasteiger charge is 2.45. The van der Waals surface area contributed by atoms with Crippen LogP contribution in [0.3, 0.4) is 0 Å². The molecule has 2 heterocycles. The van der Waals surface area contributed by atoms with E-state index in [0.717, 1.165) is 62.5 Å². The van der Waals surface area contributed by atoms with Crippen LogP contribution in [0.1, 0.15) is 153 Å². The Bertz CT molecular complexity index is 1850. The van der Waals surface area contributed by atoms with Gasteiger partial charge in [0.15, 0.2) is 0 Å². The van der Waals surface area contributed by atoms with Gasteiger partial charge in [0, 0.05) is 31.1 Å². The SMILES string of the molecule is CC(C)(c1ccc(OC2CCC(COC(=O)CCCCC(=O)OCC3CCC4OC4C3)CC2O)cc1)c1ccc(OC2CCC(COC(=O)CCCCC(=O)OCC3CCC4OC4C3)CC2O)cc1. The van der Waals surface area contributed by atoms with Gasteiger partial charge in [0.05, 0.1) is 63.1 Å². The molecule has 0 amide bonds. The first-order chi connectivity index (χ1) is 33.3. The number of benzene rings is 2. The molecule has 0 bridgehead atoms. The van der Waals surface area contributed by atoms with Gasteiger partial charge in [0.25, 0.3) is 0 Å². The summed E-state index contributed by atoms with van der Waals surface area (Å²) in [6, 6.07) is 16.0. The fourth-order valence-electron chi connectivity index (χ4n) is 10.9. The molecule has 12 unspecified atom stereocenters. The minimum absolute atomic E-state index is 0.0598. The number of fused-ring (bicyclic) bond motifs is 2. The molecule has 8 rings (SSSR count). The predicted molar refractivity (Wildman–Crippen MR) is 253 cm³/mol. The Morgan fingerprint density at radius 3 is 1.10 bits per heavy atom. The van der Waals surface area contributed by atoms with Gasteiger partial charge in [0.1, 0.15) is 23.7 Å². The van der Waals surface area contributed by atoms with Gasteiger partial charge in [-0.3, -0.25) is 19.2 Å². The Hall–Kier alpha value is -4.24. The molecule has 380 valence electrons. The summed E-state index contributed by atoms with van der Waals surface area (Å²) >= 11 is 0. The molecule has 2 aromatic rings. The number of esters is 4. The largest absolute Gasteiger partial charge is 0.488 e. The molecule has 14 nitrogen and oxygen atoms in total. The first kappa shape index (κ1) is 51.1. The summed E-state index contributed by atoms with van der Waals surface area (Å²) in [5.41, 5.74) is 1.87. The summed E-state index contributed by atoms with van der Waals surface area (Å²) in [6.45, 7) is 5.77. The van der Waals surface area contributed by atoms with E-state index in [-0.39, 0.29) is 79.4 Å². The van der Waals surface area contributed by atoms with Crippen LogP contribution >= 0.6 is 0 Å². The van der Waals surface area contributed by atoms with Gasteiger partial charge in [0.2, 0.25) is 0 Å². The number of rotatable bonds is 24. The maximum absolute atomic E-state index is 12.4. The number of ether oxygens (including phenoxy) is 8. The molecule has 2 N–H and O–H groups in total. The zero-order chi connectivity index (χ0) is 48.3. The standard InChI is InChI=1S/C55H76O14/c1-55(2,39-15-19-41(20-16-39)66-45-23-11-35(27-43(45)56)31-62-51(58)7-3-5-9-53(60)64-33-37-13-25-47-49(29-37)68-47)40-17-21-42(22-18-40)67-46-24-12-36(28-44(46)57)32-63-52(59)8-4-6-10-54(61)65-34-38-14-26-48-50(30-38)69-48/h15-22,35-38,43-50,56-57H,3-14,23-34H2,1-2H3. The summed E-state index contributed by atoms with van der Waals surface area (Å²) in [4.78, 5) is 49.1. The van der Waals surface area contributed by atoms with Crippen LogP contribution in [0.25, 0.3) is 0 Å². The van der Waals surface area contributed by atoms with Crippen molar-refractivity contribution in [2.24, 2.45) is 23.7 Å². The first-order valence-electron chi connectivity index (χ1n) is 26.2. The Labute approximate surface area is 407 Å². The van der Waals surface area contributed by atoms with Gasteiger partial charge in [-0.05, 0) is 162 Å². The van der Waals surface area contributed by atoms with Crippen LogP contribution in [0.4, 0.5) is 0 Å². The first-order valence-corrected chi connectivity index (χ1v) is 26.2. The Kier molecular flexibility index (Phi) is 18.0. The molecule has 2 aromatic carbocycles. The summed E-state index contributed by atoms with van der Waals surface area (Å²) in [7, 11) is 0. The quantitative estimate of drug-likeness (QED) is 0.0443. The molecular formula is C55H76O14. The zero-order valence-electron chi connectivity index (χ0n) is 40.8. The summed E-state index contributed by atoms with van der Waals surface area (Å²) < 4.78 is 45.6. The van der Waals surface area contributed by atoms with E-state index < -0.39 is 12.2 Å². The molecule has 69 heavy (non-hydrogen) atoms. The smallest absolute Gasteiger partial charge is 0.305 e. The zero-order valence-corrected chi connectivity index (χ0v) is 40.8. The van der Waals surface area contributed by atoms with E-state index >= 15 is 0 Å². The van der Waals surface area contributed by atoms with Crippen LogP contribution in [0, 0.1) is 23.7 Å². The summed E-state index contributed by atoms with van der Waals surface area (Å²) in [6.07, 6.45) is 13.0. The van der Waals surface area contributed by atoms with Crippen molar-refractivity contribution in [3.05, 3.63) is 59.7 Å². The number of epoxide rings is 2. The van der Waals surface area contributed by atoms with E-state index in [1.807, 2.05) is 24.3 Å². The van der Waals surface area contributed by atoms with Crippen LogP contribution in [-0.4, -0.2) is 109 Å². The monoisotopic (exact) mass is 961 g/mol. The number of aliphatic hydroxyl groups is 2. The van der Waals surface area contributed by atoms with E-state index in [2.05, 4.69) is 38.1 Å². The average molecular weight is 961 g/mol. The Morgan fingerprint density at radius 1 is 0.464 bits per heavy atom. The van der Waals surface area contributed by atoms with E-state index in [4.69, 9.17) is 37.9 Å². The lowest BCUT2D eigenvalue weighted by atomic mass is 9.78. The third-order valence-corrected chi connectivity index (χ3v) is 15.6. The normalized spacial score (nSPS) is 30.4. The lowest BCUT2D eigenvalue weighted by Gasteiger charge is -2.33. The third-order valence-electron chi connectivity index (χ3n) is 15.6. The lowest BCUT2D eigenvalue weighted by molar-refractivity contribution is -0.148. The van der Waals surface area contributed by atoms with E-state index in [1.54, 1.807) is 0 Å². The maximum atomic E-state index is 12.4. The Balaban J connectivity index is 0.663. The van der Waals surface area contributed by atoms with Crippen molar-refractivity contribution in [3.8, 4) is 11.5 Å². The Morgan fingerprint density at radius 2 is 0.783 bits per heavy atom. The van der Waals surface area contributed by atoms with Crippen molar-refractivity contribution in [2.75, 3.05) is 26.4 Å². The van der Waals surface area contributed by atoms with Gasteiger partial charge in [-0.25, -0.2) is 0 Å². The van der Waals surface area contributed by atoms with Gasteiger partial charge in [-0.2, -0.15) is 0 Å². The highest BCUT2D eigenvalue weighted by molar-refractivity contribution is 5.71. The van der Waals surface area contributed by atoms with E-state index in [1.165, 1.54) is 0 Å². The van der Waals surface area contributed by atoms with Crippen LogP contribution in [-0.2, 0) is 53.0 Å². The number of hydrogen-bond donors (Lipinski definition) is 2. The highest BCUT2D eigenvalue weighted by atomic mass is 16.6. The van der Waals surface area contributed by atoms with Crippen LogP contribution in [0.5, 0.6) is 11.5 Å². The lowest BCUT2D eigenvalue weighted by Crippen LogP contribution is -2.39. The van der Waals surface area contributed by atoms with Gasteiger partial charge in [-0.15, -0.1) is 0 Å².